The first-order chi connectivity index (χ1) is 6.66. The summed E-state index contributed by atoms with van der Waals surface area (Å²) in [5, 5.41) is 0. The van der Waals surface area contributed by atoms with Crippen molar-refractivity contribution in [1.29, 1.82) is 0 Å². The van der Waals surface area contributed by atoms with Gasteiger partial charge in [0.15, 0.2) is 4.77 Å². The molecule has 0 unspecified atom stereocenters. The van der Waals surface area contributed by atoms with E-state index < -0.39 is 0 Å². The molecular formula is C9H14N4S. The average Bonchev–Trinajstić information content (AvgIpc) is 2.67. The third-order valence-electron chi connectivity index (χ3n) is 2.29. The Kier molecular flexibility index (Phi) is 2.33. The van der Waals surface area contributed by atoms with Gasteiger partial charge < -0.3 is 18.9 Å². The van der Waals surface area contributed by atoms with Crippen molar-refractivity contribution in [3.63, 3.8) is 0 Å². The Morgan fingerprint density at radius 3 is 2.57 bits per heavy atom. The van der Waals surface area contributed by atoms with Crippen molar-refractivity contribution < 1.29 is 0 Å². The molecule has 5 heteroatoms. The van der Waals surface area contributed by atoms with Crippen molar-refractivity contribution >= 4 is 12.2 Å². The molecule has 0 amide bonds. The number of rotatable bonds is 2. The molecule has 1 aromatic heterocycles. The summed E-state index contributed by atoms with van der Waals surface area (Å²) in [6.45, 7) is 1.75. The van der Waals surface area contributed by atoms with E-state index >= 15 is 0 Å². The maximum atomic E-state index is 5.25. The highest BCUT2D eigenvalue weighted by atomic mass is 32.1. The van der Waals surface area contributed by atoms with Gasteiger partial charge in [0.05, 0.1) is 13.3 Å². The second-order valence-corrected chi connectivity index (χ2v) is 3.95. The lowest BCUT2D eigenvalue weighted by atomic mass is 10.7. The molecule has 0 aliphatic carbocycles. The number of aromatic nitrogens is 2. The fourth-order valence-corrected chi connectivity index (χ4v) is 1.67. The van der Waals surface area contributed by atoms with Crippen molar-refractivity contribution in [2.75, 3.05) is 13.7 Å². The molecular weight excluding hydrogens is 196 g/mol. The highest BCUT2D eigenvalue weighted by molar-refractivity contribution is 7.71. The minimum absolute atomic E-state index is 0.820. The largest absolute Gasteiger partial charge is 0.362 e. The zero-order valence-corrected chi connectivity index (χ0v) is 9.24. The minimum atomic E-state index is 0.820. The molecule has 0 fully saturated rings. The summed E-state index contributed by atoms with van der Waals surface area (Å²) in [4.78, 5) is 4.34. The molecule has 0 atom stereocenters. The van der Waals surface area contributed by atoms with Crippen LogP contribution < -0.4 is 0 Å². The predicted octanol–water partition coefficient (Wildman–Crippen LogP) is 1.19. The lowest BCUT2D eigenvalue weighted by molar-refractivity contribution is 0.248. The van der Waals surface area contributed by atoms with Crippen LogP contribution in [0.25, 0.3) is 0 Å². The van der Waals surface area contributed by atoms with Gasteiger partial charge in [-0.15, -0.1) is 0 Å². The molecule has 76 valence electrons. The van der Waals surface area contributed by atoms with E-state index in [1.807, 2.05) is 24.0 Å². The second-order valence-electron chi connectivity index (χ2n) is 3.59. The number of aryl methyl sites for hydroxylation is 1. The molecule has 1 aliphatic heterocycles. The highest BCUT2D eigenvalue weighted by Gasteiger charge is 2.08. The van der Waals surface area contributed by atoms with E-state index in [-0.39, 0.29) is 0 Å². The van der Waals surface area contributed by atoms with Gasteiger partial charge in [0.2, 0.25) is 0 Å². The molecule has 0 N–H and O–H groups in total. The van der Waals surface area contributed by atoms with Crippen LogP contribution in [-0.4, -0.2) is 32.7 Å². The van der Waals surface area contributed by atoms with Gasteiger partial charge in [-0.25, -0.2) is 0 Å². The molecule has 0 aromatic carbocycles. The van der Waals surface area contributed by atoms with E-state index in [1.54, 1.807) is 0 Å². The SMILES string of the molecule is CN1C=CN(Cn2ccn(C)c2=S)C1. The van der Waals surface area contributed by atoms with Crippen molar-refractivity contribution in [1.82, 2.24) is 18.9 Å². The zero-order valence-electron chi connectivity index (χ0n) is 8.42. The Hall–Kier alpha value is -1.23. The van der Waals surface area contributed by atoms with E-state index in [0.29, 0.717) is 0 Å². The van der Waals surface area contributed by atoms with Crippen molar-refractivity contribution in [3.8, 4) is 0 Å². The minimum Gasteiger partial charge on any atom is -0.362 e. The van der Waals surface area contributed by atoms with Crippen molar-refractivity contribution in [2.24, 2.45) is 7.05 Å². The Bertz CT molecular complexity index is 403. The first-order valence-corrected chi connectivity index (χ1v) is 4.92. The number of imidazole rings is 1. The molecule has 1 aliphatic rings. The molecule has 0 saturated carbocycles. The van der Waals surface area contributed by atoms with Crippen LogP contribution in [0.15, 0.2) is 24.8 Å². The van der Waals surface area contributed by atoms with Gasteiger partial charge >= 0.3 is 0 Å². The molecule has 0 spiro atoms. The Labute approximate surface area is 88.7 Å². The lowest BCUT2D eigenvalue weighted by Gasteiger charge is -2.18. The summed E-state index contributed by atoms with van der Waals surface area (Å²) < 4.78 is 4.85. The van der Waals surface area contributed by atoms with Gasteiger partial charge in [-0.3, -0.25) is 0 Å². The van der Waals surface area contributed by atoms with Crippen LogP contribution in [0.2, 0.25) is 0 Å². The normalized spacial score (nSPS) is 15.6. The number of nitrogens with zero attached hydrogens (tertiary/aromatic N) is 4. The first-order valence-electron chi connectivity index (χ1n) is 4.51. The molecule has 0 bridgehead atoms. The van der Waals surface area contributed by atoms with E-state index in [4.69, 9.17) is 12.2 Å². The van der Waals surface area contributed by atoms with Gasteiger partial charge in [-0.1, -0.05) is 0 Å². The maximum Gasteiger partial charge on any atom is 0.181 e. The molecule has 14 heavy (non-hydrogen) atoms. The Balaban J connectivity index is 2.09. The van der Waals surface area contributed by atoms with Gasteiger partial charge in [0.1, 0.15) is 0 Å². The molecule has 1 aromatic rings. The smallest absolute Gasteiger partial charge is 0.181 e. The predicted molar refractivity (Wildman–Crippen MR) is 57.8 cm³/mol. The van der Waals surface area contributed by atoms with E-state index in [1.165, 1.54) is 0 Å². The van der Waals surface area contributed by atoms with Crippen LogP contribution in [0.1, 0.15) is 0 Å². The topological polar surface area (TPSA) is 16.3 Å². The van der Waals surface area contributed by atoms with Gasteiger partial charge in [0, 0.05) is 38.9 Å². The van der Waals surface area contributed by atoms with Gasteiger partial charge in [-0.05, 0) is 12.2 Å². The summed E-state index contributed by atoms with van der Waals surface area (Å²) in [6.07, 6.45) is 8.13. The lowest BCUT2D eigenvalue weighted by Crippen LogP contribution is -2.24. The van der Waals surface area contributed by atoms with Crippen LogP contribution in [0.5, 0.6) is 0 Å². The fraction of sp³-hybridized carbons (Fsp3) is 0.444. The summed E-state index contributed by atoms with van der Waals surface area (Å²) in [6, 6.07) is 0. The Morgan fingerprint density at radius 2 is 2.07 bits per heavy atom. The molecule has 0 saturated heterocycles. The van der Waals surface area contributed by atoms with Crippen LogP contribution in [0, 0.1) is 4.77 Å². The highest BCUT2D eigenvalue weighted by Crippen LogP contribution is 2.06. The average molecular weight is 210 g/mol. The number of hydrogen-bond donors (Lipinski definition) is 0. The molecule has 4 nitrogen and oxygen atoms in total. The zero-order chi connectivity index (χ0) is 10.1. The standard InChI is InChI=1S/C9H14N4S/c1-10-3-5-12(7-10)8-13-6-4-11(2)9(13)14/h3-6H,7-8H2,1-2H3. The van der Waals surface area contributed by atoms with E-state index in [9.17, 15) is 0 Å². The van der Waals surface area contributed by atoms with Gasteiger partial charge in [-0.2, -0.15) is 0 Å². The second kappa shape index (κ2) is 3.49. The quantitative estimate of drug-likeness (QED) is 0.682. The fourth-order valence-electron chi connectivity index (χ4n) is 1.49. The summed E-state index contributed by atoms with van der Waals surface area (Å²) in [5.41, 5.74) is 0. The summed E-state index contributed by atoms with van der Waals surface area (Å²) in [7, 11) is 4.02. The van der Waals surface area contributed by atoms with Crippen LogP contribution in [0.3, 0.4) is 0 Å². The monoisotopic (exact) mass is 210 g/mol. The van der Waals surface area contributed by atoms with E-state index in [2.05, 4.69) is 33.8 Å². The summed E-state index contributed by atoms with van der Waals surface area (Å²) in [5.74, 6) is 0. The first kappa shape index (κ1) is 9.33. The van der Waals surface area contributed by atoms with Crippen LogP contribution in [0.4, 0.5) is 0 Å². The number of hydrogen-bond acceptors (Lipinski definition) is 3. The van der Waals surface area contributed by atoms with Crippen LogP contribution in [-0.2, 0) is 13.7 Å². The van der Waals surface area contributed by atoms with Crippen molar-refractivity contribution in [3.05, 3.63) is 29.6 Å². The van der Waals surface area contributed by atoms with E-state index in [0.717, 1.165) is 18.1 Å². The molecule has 2 heterocycles. The van der Waals surface area contributed by atoms with Gasteiger partial charge in [0.25, 0.3) is 0 Å². The molecule has 2 rings (SSSR count). The summed E-state index contributed by atoms with van der Waals surface area (Å²) >= 11 is 5.25. The van der Waals surface area contributed by atoms with Crippen molar-refractivity contribution in [2.45, 2.75) is 6.67 Å². The Morgan fingerprint density at radius 1 is 1.29 bits per heavy atom. The maximum absolute atomic E-state index is 5.25. The van der Waals surface area contributed by atoms with Crippen LogP contribution >= 0.6 is 12.2 Å². The third-order valence-corrected chi connectivity index (χ3v) is 2.81. The molecule has 0 radical (unpaired) electrons. The third kappa shape index (κ3) is 1.68.